The molecule has 13 heavy (non-hydrogen) atoms. The molecule has 0 bridgehead atoms. The third-order valence-corrected chi connectivity index (χ3v) is 1.40. The van der Waals surface area contributed by atoms with Crippen molar-refractivity contribution in [2.75, 3.05) is 12.3 Å². The number of rotatable bonds is 3. The maximum absolute atomic E-state index is 11.2. The van der Waals surface area contributed by atoms with Gasteiger partial charge in [-0.15, -0.1) is 0 Å². The van der Waals surface area contributed by atoms with Crippen molar-refractivity contribution in [1.82, 2.24) is 15.5 Å². The van der Waals surface area contributed by atoms with Gasteiger partial charge in [0.1, 0.15) is 11.5 Å². The summed E-state index contributed by atoms with van der Waals surface area (Å²) >= 11 is 0. The number of hydrogen-bond acceptors (Lipinski definition) is 4. The Morgan fingerprint density at radius 1 is 1.92 bits per heavy atom. The number of carbonyl (C=O) groups is 1. The number of nitrogens with zero attached hydrogens (tertiary/aromatic N) is 1. The van der Waals surface area contributed by atoms with Crippen LogP contribution in [0.3, 0.4) is 0 Å². The molecule has 0 aliphatic heterocycles. The number of amides is 1. The van der Waals surface area contributed by atoms with E-state index in [1.54, 1.807) is 6.92 Å². The minimum absolute atomic E-state index is 0.206. The smallest absolute Gasteiger partial charge is 0.269 e. The fourth-order valence-corrected chi connectivity index (χ4v) is 0.789. The number of aliphatic hydroxyl groups excluding tert-OH is 1. The number of nitrogens with two attached hydrogens (primary N) is 1. The summed E-state index contributed by atoms with van der Waals surface area (Å²) in [6.45, 7) is 1.79. The molecular formula is C7H12N4O2. The minimum Gasteiger partial charge on any atom is -0.392 e. The van der Waals surface area contributed by atoms with E-state index in [0.29, 0.717) is 0 Å². The van der Waals surface area contributed by atoms with Crippen LogP contribution in [0, 0.1) is 0 Å². The molecule has 0 aliphatic rings. The Kier molecular flexibility index (Phi) is 2.86. The second-order valence-corrected chi connectivity index (χ2v) is 2.77. The summed E-state index contributed by atoms with van der Waals surface area (Å²) < 4.78 is 0. The fraction of sp³-hybridized carbons (Fsp3) is 0.429. The van der Waals surface area contributed by atoms with Gasteiger partial charge in [-0.05, 0) is 6.92 Å². The van der Waals surface area contributed by atoms with Crippen LogP contribution in [0.2, 0.25) is 0 Å². The molecule has 0 aromatic carbocycles. The van der Waals surface area contributed by atoms with Gasteiger partial charge in [-0.2, -0.15) is 5.10 Å². The number of aliphatic hydroxyl groups is 1. The molecule has 6 nitrogen and oxygen atoms in total. The summed E-state index contributed by atoms with van der Waals surface area (Å²) in [5.41, 5.74) is 5.59. The number of aromatic amines is 1. The van der Waals surface area contributed by atoms with Crippen molar-refractivity contribution in [1.29, 1.82) is 0 Å². The molecule has 0 radical (unpaired) electrons. The average Bonchev–Trinajstić information content (AvgIpc) is 2.47. The van der Waals surface area contributed by atoms with Crippen LogP contribution < -0.4 is 11.1 Å². The largest absolute Gasteiger partial charge is 0.392 e. The predicted molar refractivity (Wildman–Crippen MR) is 47.0 cm³/mol. The second kappa shape index (κ2) is 3.90. The van der Waals surface area contributed by atoms with Crippen molar-refractivity contribution in [3.05, 3.63) is 11.8 Å². The molecule has 1 atom stereocenters. The standard InChI is InChI=1S/C7H12N4O2/c1-4(12)3-9-7(13)5-2-6(8)11-10-5/h2,4,12H,3H2,1H3,(H,9,13)(H3,8,10,11)/t4-/m1/s1. The Morgan fingerprint density at radius 2 is 2.62 bits per heavy atom. The van der Waals surface area contributed by atoms with Crippen LogP contribution >= 0.6 is 0 Å². The van der Waals surface area contributed by atoms with Gasteiger partial charge in [0.15, 0.2) is 0 Å². The molecule has 72 valence electrons. The van der Waals surface area contributed by atoms with Gasteiger partial charge in [0.2, 0.25) is 0 Å². The highest BCUT2D eigenvalue weighted by atomic mass is 16.3. The molecule has 1 rings (SSSR count). The molecule has 0 unspecified atom stereocenters. The van der Waals surface area contributed by atoms with Gasteiger partial charge in [0, 0.05) is 12.6 Å². The van der Waals surface area contributed by atoms with Crippen molar-refractivity contribution >= 4 is 11.7 Å². The van der Waals surface area contributed by atoms with Crippen molar-refractivity contribution in [2.45, 2.75) is 13.0 Å². The Labute approximate surface area is 75.1 Å². The first-order valence-corrected chi connectivity index (χ1v) is 3.86. The summed E-state index contributed by atoms with van der Waals surface area (Å²) in [6, 6.07) is 1.43. The lowest BCUT2D eigenvalue weighted by atomic mass is 10.3. The molecule has 0 aliphatic carbocycles. The van der Waals surface area contributed by atoms with Crippen molar-refractivity contribution in [2.24, 2.45) is 0 Å². The van der Waals surface area contributed by atoms with E-state index in [1.165, 1.54) is 6.07 Å². The van der Waals surface area contributed by atoms with E-state index < -0.39 is 6.10 Å². The molecule has 1 amide bonds. The van der Waals surface area contributed by atoms with Gasteiger partial charge in [0.05, 0.1) is 6.10 Å². The minimum atomic E-state index is -0.566. The maximum atomic E-state index is 11.2. The van der Waals surface area contributed by atoms with Gasteiger partial charge in [-0.25, -0.2) is 0 Å². The van der Waals surface area contributed by atoms with Crippen LogP contribution in [-0.2, 0) is 0 Å². The molecule has 0 saturated carbocycles. The Morgan fingerprint density at radius 3 is 3.08 bits per heavy atom. The van der Waals surface area contributed by atoms with Crippen molar-refractivity contribution in [3.63, 3.8) is 0 Å². The number of hydrogen-bond donors (Lipinski definition) is 4. The molecule has 1 aromatic rings. The molecule has 0 fully saturated rings. The van der Waals surface area contributed by atoms with Crippen molar-refractivity contribution < 1.29 is 9.90 Å². The number of nitrogens with one attached hydrogen (secondary N) is 2. The summed E-state index contributed by atoms with van der Waals surface area (Å²) in [5, 5.41) is 17.4. The monoisotopic (exact) mass is 184 g/mol. The molecule has 0 saturated heterocycles. The Balaban J connectivity index is 2.49. The van der Waals surface area contributed by atoms with Crippen LogP contribution in [0.25, 0.3) is 0 Å². The summed E-state index contributed by atoms with van der Waals surface area (Å²) in [6.07, 6.45) is -0.566. The third kappa shape index (κ3) is 2.75. The van der Waals surface area contributed by atoms with Gasteiger partial charge < -0.3 is 16.2 Å². The van der Waals surface area contributed by atoms with Crippen molar-refractivity contribution in [3.8, 4) is 0 Å². The lowest BCUT2D eigenvalue weighted by Gasteiger charge is -2.04. The first-order chi connectivity index (χ1) is 6.09. The van der Waals surface area contributed by atoms with Gasteiger partial charge in [0.25, 0.3) is 5.91 Å². The summed E-state index contributed by atoms with van der Waals surface area (Å²) in [4.78, 5) is 11.2. The molecule has 5 N–H and O–H groups in total. The highest BCUT2D eigenvalue weighted by Gasteiger charge is 2.08. The molecular weight excluding hydrogens is 172 g/mol. The normalized spacial score (nSPS) is 12.5. The lowest BCUT2D eigenvalue weighted by molar-refractivity contribution is 0.0919. The number of aromatic nitrogens is 2. The SMILES string of the molecule is C[C@@H](O)CNC(=O)c1cc(N)n[nH]1. The van der Waals surface area contributed by atoms with E-state index in [9.17, 15) is 4.79 Å². The average molecular weight is 184 g/mol. The molecule has 1 aromatic heterocycles. The number of H-pyrrole nitrogens is 1. The Hall–Kier alpha value is -1.56. The maximum Gasteiger partial charge on any atom is 0.269 e. The molecule has 0 spiro atoms. The highest BCUT2D eigenvalue weighted by molar-refractivity contribution is 5.92. The van der Waals surface area contributed by atoms with E-state index in [1.807, 2.05) is 0 Å². The Bertz CT molecular complexity index is 294. The summed E-state index contributed by atoms with van der Waals surface area (Å²) in [5.74, 6) is -0.0627. The van der Waals surface area contributed by atoms with Gasteiger partial charge in [-0.3, -0.25) is 9.89 Å². The van der Waals surface area contributed by atoms with Crippen LogP contribution in [-0.4, -0.2) is 33.9 Å². The van der Waals surface area contributed by atoms with E-state index in [4.69, 9.17) is 10.8 Å². The van der Waals surface area contributed by atoms with E-state index in [-0.39, 0.29) is 24.0 Å². The predicted octanol–water partition coefficient (Wildman–Crippen LogP) is -0.897. The zero-order chi connectivity index (χ0) is 9.84. The van der Waals surface area contributed by atoms with E-state index in [2.05, 4.69) is 15.5 Å². The zero-order valence-corrected chi connectivity index (χ0v) is 7.24. The fourth-order valence-electron chi connectivity index (χ4n) is 0.789. The number of anilines is 1. The first-order valence-electron chi connectivity index (χ1n) is 3.86. The van der Waals surface area contributed by atoms with Crippen LogP contribution in [0.4, 0.5) is 5.82 Å². The lowest BCUT2D eigenvalue weighted by Crippen LogP contribution is -2.30. The quantitative estimate of drug-likeness (QED) is 0.488. The second-order valence-electron chi connectivity index (χ2n) is 2.77. The van der Waals surface area contributed by atoms with Crippen LogP contribution in [0.15, 0.2) is 6.07 Å². The number of carbonyl (C=O) groups excluding carboxylic acids is 1. The van der Waals surface area contributed by atoms with Gasteiger partial charge in [-0.1, -0.05) is 0 Å². The van der Waals surface area contributed by atoms with Gasteiger partial charge >= 0.3 is 0 Å². The third-order valence-electron chi connectivity index (χ3n) is 1.40. The van der Waals surface area contributed by atoms with E-state index >= 15 is 0 Å². The topological polar surface area (TPSA) is 104 Å². The van der Waals surface area contributed by atoms with E-state index in [0.717, 1.165) is 0 Å². The number of nitrogen functional groups attached to an aromatic ring is 1. The molecule has 6 heteroatoms. The van der Waals surface area contributed by atoms with Crippen LogP contribution in [0.5, 0.6) is 0 Å². The van der Waals surface area contributed by atoms with Crippen LogP contribution in [0.1, 0.15) is 17.4 Å². The summed E-state index contributed by atoms with van der Waals surface area (Å²) in [7, 11) is 0. The zero-order valence-electron chi connectivity index (χ0n) is 7.24. The highest BCUT2D eigenvalue weighted by Crippen LogP contribution is 1.99. The first kappa shape index (κ1) is 9.53. The molecule has 1 heterocycles.